The Kier molecular flexibility index (Phi) is 3.78. The molecule has 0 bridgehead atoms. The number of hydrogen-bond acceptors (Lipinski definition) is 4. The molecule has 3 aliphatic carbocycles. The third-order valence-corrected chi connectivity index (χ3v) is 6.87. The highest BCUT2D eigenvalue weighted by atomic mass is 14.8. The van der Waals surface area contributed by atoms with Crippen LogP contribution in [0.2, 0.25) is 0 Å². The molecule has 0 saturated carbocycles. The fourth-order valence-electron chi connectivity index (χ4n) is 5.28. The number of nitrogens with zero attached hydrogens (tertiary/aromatic N) is 4. The predicted molar refractivity (Wildman–Crippen MR) is 107 cm³/mol. The summed E-state index contributed by atoms with van der Waals surface area (Å²) in [7, 11) is 0. The van der Waals surface area contributed by atoms with Crippen LogP contribution in [0.3, 0.4) is 0 Å². The van der Waals surface area contributed by atoms with Gasteiger partial charge in [-0.2, -0.15) is 0 Å². The molecular formula is C24H24N4. The minimum absolute atomic E-state index is 0.440. The van der Waals surface area contributed by atoms with Crippen LogP contribution < -0.4 is 0 Å². The Bertz CT molecular complexity index is 1030. The molecule has 0 aromatic carbocycles. The minimum Gasteiger partial charge on any atom is -0.257 e. The van der Waals surface area contributed by atoms with Crippen LogP contribution in [0, 0.1) is 0 Å². The maximum absolute atomic E-state index is 5.15. The van der Waals surface area contributed by atoms with Crippen LogP contribution in [-0.2, 0) is 38.5 Å². The summed E-state index contributed by atoms with van der Waals surface area (Å²) in [5.41, 5.74) is 10.5. The lowest BCUT2D eigenvalue weighted by molar-refractivity contribution is 0.552. The molecule has 3 aromatic heterocycles. The van der Waals surface area contributed by atoms with Crippen LogP contribution in [0.15, 0.2) is 36.8 Å². The fraction of sp³-hybridized carbons (Fsp3) is 0.417. The van der Waals surface area contributed by atoms with E-state index in [0.717, 1.165) is 32.1 Å². The van der Waals surface area contributed by atoms with Crippen molar-refractivity contribution in [3.05, 3.63) is 81.9 Å². The Hall–Kier alpha value is -2.62. The molecule has 2 unspecified atom stereocenters. The van der Waals surface area contributed by atoms with E-state index in [9.17, 15) is 0 Å². The van der Waals surface area contributed by atoms with Gasteiger partial charge >= 0.3 is 0 Å². The lowest BCUT2D eigenvalue weighted by Gasteiger charge is -2.25. The molecule has 0 aliphatic heterocycles. The van der Waals surface area contributed by atoms with E-state index >= 15 is 0 Å². The number of rotatable bonds is 2. The standard InChI is InChI=1S/C24H24N4/c1-2-15-6-8-21(27-20(15)3-1)17-5-4-16-7-9-22(28-24(16)11-17)18-10-19-13-25-14-26-23(19)12-18/h6-9,13-14,17-18H,1-5,10-12H2. The van der Waals surface area contributed by atoms with Gasteiger partial charge in [0.25, 0.3) is 0 Å². The van der Waals surface area contributed by atoms with Gasteiger partial charge in [-0.3, -0.25) is 9.97 Å². The van der Waals surface area contributed by atoms with Crippen LogP contribution in [0.4, 0.5) is 0 Å². The first-order chi connectivity index (χ1) is 13.8. The van der Waals surface area contributed by atoms with Crippen LogP contribution in [-0.4, -0.2) is 19.9 Å². The van der Waals surface area contributed by atoms with Gasteiger partial charge in [-0.1, -0.05) is 12.1 Å². The Morgan fingerprint density at radius 2 is 1.46 bits per heavy atom. The highest BCUT2D eigenvalue weighted by Crippen LogP contribution is 2.36. The Labute approximate surface area is 165 Å². The second-order valence-electron chi connectivity index (χ2n) is 8.58. The van der Waals surface area contributed by atoms with Crippen molar-refractivity contribution in [3.63, 3.8) is 0 Å². The van der Waals surface area contributed by atoms with E-state index in [2.05, 4.69) is 34.2 Å². The third kappa shape index (κ3) is 2.74. The van der Waals surface area contributed by atoms with Crippen molar-refractivity contribution in [2.45, 2.75) is 63.2 Å². The van der Waals surface area contributed by atoms with Gasteiger partial charge < -0.3 is 0 Å². The van der Waals surface area contributed by atoms with E-state index in [0.29, 0.717) is 11.8 Å². The van der Waals surface area contributed by atoms with Crippen molar-refractivity contribution >= 4 is 0 Å². The summed E-state index contributed by atoms with van der Waals surface area (Å²) in [6, 6.07) is 9.16. The maximum Gasteiger partial charge on any atom is 0.115 e. The molecule has 4 nitrogen and oxygen atoms in total. The van der Waals surface area contributed by atoms with Gasteiger partial charge in [0.2, 0.25) is 0 Å². The van der Waals surface area contributed by atoms with Crippen molar-refractivity contribution in [1.29, 1.82) is 0 Å². The summed E-state index contributed by atoms with van der Waals surface area (Å²) in [6.07, 6.45) is 12.6. The maximum atomic E-state index is 5.15. The normalized spacial score (nSPS) is 22.6. The molecule has 3 heterocycles. The summed E-state index contributed by atoms with van der Waals surface area (Å²) in [5.74, 6) is 0.947. The van der Waals surface area contributed by atoms with E-state index < -0.39 is 0 Å². The van der Waals surface area contributed by atoms with Gasteiger partial charge in [0, 0.05) is 46.5 Å². The van der Waals surface area contributed by atoms with E-state index in [4.69, 9.17) is 9.97 Å². The van der Waals surface area contributed by atoms with Crippen molar-refractivity contribution in [2.24, 2.45) is 0 Å². The zero-order chi connectivity index (χ0) is 18.5. The number of aromatic nitrogens is 4. The van der Waals surface area contributed by atoms with Crippen LogP contribution in [0.25, 0.3) is 0 Å². The summed E-state index contributed by atoms with van der Waals surface area (Å²) in [5, 5.41) is 0. The van der Waals surface area contributed by atoms with E-state index in [1.807, 2.05) is 6.20 Å². The van der Waals surface area contributed by atoms with E-state index in [-0.39, 0.29) is 0 Å². The number of fused-ring (bicyclic) bond motifs is 3. The lowest BCUT2D eigenvalue weighted by Crippen LogP contribution is -2.17. The number of hydrogen-bond donors (Lipinski definition) is 0. The lowest BCUT2D eigenvalue weighted by atomic mass is 9.84. The highest BCUT2D eigenvalue weighted by molar-refractivity contribution is 5.35. The molecule has 2 atom stereocenters. The van der Waals surface area contributed by atoms with Crippen molar-refractivity contribution in [3.8, 4) is 0 Å². The van der Waals surface area contributed by atoms with E-state index in [1.54, 1.807) is 6.33 Å². The summed E-state index contributed by atoms with van der Waals surface area (Å²) in [4.78, 5) is 18.8. The Morgan fingerprint density at radius 3 is 2.36 bits per heavy atom. The molecule has 28 heavy (non-hydrogen) atoms. The SMILES string of the molecule is c1ncc2c(n1)CC(c1ccc3c(n1)CC(c1ccc4c(n1)CCC4)CC3)C2. The zero-order valence-corrected chi connectivity index (χ0v) is 16.1. The van der Waals surface area contributed by atoms with Gasteiger partial charge in [0.15, 0.2) is 0 Å². The molecular weight excluding hydrogens is 344 g/mol. The molecule has 0 radical (unpaired) electrons. The first kappa shape index (κ1) is 16.3. The topological polar surface area (TPSA) is 51.6 Å². The van der Waals surface area contributed by atoms with Gasteiger partial charge in [-0.25, -0.2) is 9.97 Å². The Morgan fingerprint density at radius 1 is 0.679 bits per heavy atom. The van der Waals surface area contributed by atoms with Gasteiger partial charge in [-0.15, -0.1) is 0 Å². The average Bonchev–Trinajstić information content (AvgIpc) is 3.39. The average molecular weight is 368 g/mol. The van der Waals surface area contributed by atoms with E-state index in [1.165, 1.54) is 64.4 Å². The second-order valence-corrected chi connectivity index (χ2v) is 8.58. The molecule has 0 N–H and O–H groups in total. The van der Waals surface area contributed by atoms with Crippen molar-refractivity contribution in [2.75, 3.05) is 0 Å². The molecule has 0 spiro atoms. The molecule has 3 aromatic rings. The number of aryl methyl sites for hydroxylation is 3. The molecule has 4 heteroatoms. The van der Waals surface area contributed by atoms with Crippen LogP contribution >= 0.6 is 0 Å². The second kappa shape index (κ2) is 6.47. The van der Waals surface area contributed by atoms with Crippen LogP contribution in [0.5, 0.6) is 0 Å². The van der Waals surface area contributed by atoms with Gasteiger partial charge in [-0.05, 0) is 80.2 Å². The van der Waals surface area contributed by atoms with Gasteiger partial charge in [0.1, 0.15) is 6.33 Å². The van der Waals surface area contributed by atoms with Crippen molar-refractivity contribution in [1.82, 2.24) is 19.9 Å². The van der Waals surface area contributed by atoms with Crippen LogP contribution in [0.1, 0.15) is 69.8 Å². The molecule has 3 aliphatic rings. The monoisotopic (exact) mass is 368 g/mol. The Balaban J connectivity index is 1.26. The molecule has 140 valence electrons. The minimum atomic E-state index is 0.440. The zero-order valence-electron chi connectivity index (χ0n) is 16.1. The molecule has 0 fully saturated rings. The predicted octanol–water partition coefficient (Wildman–Crippen LogP) is 3.91. The smallest absolute Gasteiger partial charge is 0.115 e. The first-order valence-corrected chi connectivity index (χ1v) is 10.6. The quantitative estimate of drug-likeness (QED) is 0.688. The summed E-state index contributed by atoms with van der Waals surface area (Å²) >= 11 is 0. The first-order valence-electron chi connectivity index (χ1n) is 10.6. The largest absolute Gasteiger partial charge is 0.257 e. The molecule has 0 saturated heterocycles. The fourth-order valence-corrected chi connectivity index (χ4v) is 5.28. The summed E-state index contributed by atoms with van der Waals surface area (Å²) in [6.45, 7) is 0. The highest BCUT2D eigenvalue weighted by Gasteiger charge is 2.28. The number of pyridine rings is 2. The third-order valence-electron chi connectivity index (χ3n) is 6.87. The summed E-state index contributed by atoms with van der Waals surface area (Å²) < 4.78 is 0. The molecule has 6 rings (SSSR count). The van der Waals surface area contributed by atoms with Gasteiger partial charge in [0.05, 0.1) is 0 Å². The van der Waals surface area contributed by atoms with Crippen molar-refractivity contribution < 1.29 is 0 Å². The molecule has 0 amide bonds.